The molecule has 0 bridgehead atoms. The van der Waals surface area contributed by atoms with Crippen molar-refractivity contribution in [3.63, 3.8) is 0 Å². The van der Waals surface area contributed by atoms with Crippen molar-refractivity contribution in [2.75, 3.05) is 26.9 Å². The summed E-state index contributed by atoms with van der Waals surface area (Å²) in [5.41, 5.74) is 0. The Morgan fingerprint density at radius 3 is 1.97 bits per heavy atom. The number of aliphatic hydroxyl groups excluding tert-OH is 6. The van der Waals surface area contributed by atoms with Crippen molar-refractivity contribution in [3.05, 3.63) is 0 Å². The third-order valence-electron chi connectivity index (χ3n) is 5.97. The standard InChI is InChI=1S/C21H40O11/c1-3-4-5-6-7-8-9-29-20-17(26)16(25)14(23)13(32-20)11-30-21-18(27)19(28-2)15(24)12(10-22)31-21/h12-27H,3-11H2,1-2H3/t12-,13-,14-,15-,16+,17+,18+,19+,20+,21+/m1/s1. The van der Waals surface area contributed by atoms with Gasteiger partial charge in [0, 0.05) is 13.7 Å². The van der Waals surface area contributed by atoms with E-state index in [0.717, 1.165) is 25.7 Å². The molecule has 0 spiro atoms. The molecule has 10 atom stereocenters. The molecule has 2 aliphatic heterocycles. The van der Waals surface area contributed by atoms with Gasteiger partial charge in [0.25, 0.3) is 0 Å². The number of methoxy groups -OCH3 is 1. The van der Waals surface area contributed by atoms with Crippen LogP contribution in [0.5, 0.6) is 0 Å². The predicted octanol–water partition coefficient (Wildman–Crippen LogP) is -1.36. The van der Waals surface area contributed by atoms with E-state index in [0.29, 0.717) is 6.61 Å². The Morgan fingerprint density at radius 2 is 1.31 bits per heavy atom. The SMILES string of the molecule is CCCCCCCCO[C@H]1O[C@H](CO[C@H]2O[C@H](CO)[C@@H](O)[C@H](OC)[C@@H]2O)[C@@H](O)[C@H](O)[C@@H]1O. The summed E-state index contributed by atoms with van der Waals surface area (Å²) in [6, 6.07) is 0. The van der Waals surface area contributed by atoms with Gasteiger partial charge in [0.05, 0.1) is 13.2 Å². The van der Waals surface area contributed by atoms with Crippen molar-refractivity contribution in [2.24, 2.45) is 0 Å². The van der Waals surface area contributed by atoms with E-state index in [1.807, 2.05) is 0 Å². The van der Waals surface area contributed by atoms with E-state index < -0.39 is 68.0 Å². The zero-order valence-corrected chi connectivity index (χ0v) is 18.9. The van der Waals surface area contributed by atoms with Crippen LogP contribution in [0.15, 0.2) is 0 Å². The lowest BCUT2D eigenvalue weighted by Crippen LogP contribution is -2.62. The van der Waals surface area contributed by atoms with Crippen molar-refractivity contribution >= 4 is 0 Å². The molecule has 2 aliphatic rings. The highest BCUT2D eigenvalue weighted by atomic mass is 16.7. The van der Waals surface area contributed by atoms with Crippen LogP contribution in [-0.4, -0.2) is 119 Å². The molecule has 190 valence electrons. The van der Waals surface area contributed by atoms with Gasteiger partial charge in [0.1, 0.15) is 48.8 Å². The van der Waals surface area contributed by atoms with Crippen LogP contribution in [-0.2, 0) is 23.7 Å². The van der Waals surface area contributed by atoms with Crippen LogP contribution < -0.4 is 0 Å². The van der Waals surface area contributed by atoms with E-state index in [1.54, 1.807) is 0 Å². The Kier molecular flexibility index (Phi) is 12.2. The van der Waals surface area contributed by atoms with E-state index in [1.165, 1.54) is 20.0 Å². The molecule has 11 heteroatoms. The molecule has 2 saturated heterocycles. The Bertz CT molecular complexity index is 510. The zero-order chi connectivity index (χ0) is 23.7. The molecule has 2 rings (SSSR count). The number of rotatable bonds is 13. The maximum atomic E-state index is 10.3. The van der Waals surface area contributed by atoms with E-state index in [-0.39, 0.29) is 6.61 Å². The van der Waals surface area contributed by atoms with Gasteiger partial charge in [-0.15, -0.1) is 0 Å². The normalized spacial score (nSPS) is 40.5. The van der Waals surface area contributed by atoms with Gasteiger partial charge >= 0.3 is 0 Å². The first-order valence-electron chi connectivity index (χ1n) is 11.4. The van der Waals surface area contributed by atoms with Gasteiger partial charge in [-0.3, -0.25) is 0 Å². The molecule has 0 unspecified atom stereocenters. The molecule has 2 fully saturated rings. The summed E-state index contributed by atoms with van der Waals surface area (Å²) in [4.78, 5) is 0. The quantitative estimate of drug-likeness (QED) is 0.177. The monoisotopic (exact) mass is 468 g/mol. The molecule has 0 radical (unpaired) electrons. The lowest BCUT2D eigenvalue weighted by Gasteiger charge is -2.43. The molecule has 0 saturated carbocycles. The topological polar surface area (TPSA) is 168 Å². The predicted molar refractivity (Wildman–Crippen MR) is 111 cm³/mol. The van der Waals surface area contributed by atoms with Gasteiger partial charge in [-0.05, 0) is 6.42 Å². The second kappa shape index (κ2) is 14.1. The van der Waals surface area contributed by atoms with Crippen LogP contribution in [0.3, 0.4) is 0 Å². The fraction of sp³-hybridized carbons (Fsp3) is 1.00. The smallest absolute Gasteiger partial charge is 0.186 e. The third-order valence-corrected chi connectivity index (χ3v) is 5.97. The first kappa shape index (κ1) is 27.8. The van der Waals surface area contributed by atoms with Crippen LogP contribution in [0, 0.1) is 0 Å². The highest BCUT2D eigenvalue weighted by Gasteiger charge is 2.48. The van der Waals surface area contributed by atoms with Gasteiger partial charge in [0.15, 0.2) is 12.6 Å². The van der Waals surface area contributed by atoms with Gasteiger partial charge in [-0.1, -0.05) is 39.0 Å². The number of aliphatic hydroxyl groups is 6. The van der Waals surface area contributed by atoms with Crippen LogP contribution in [0.4, 0.5) is 0 Å². The van der Waals surface area contributed by atoms with Crippen molar-refractivity contribution in [2.45, 2.75) is 107 Å². The minimum absolute atomic E-state index is 0.311. The lowest BCUT2D eigenvalue weighted by atomic mass is 9.98. The molecule has 0 amide bonds. The largest absolute Gasteiger partial charge is 0.394 e. The third kappa shape index (κ3) is 7.28. The average Bonchev–Trinajstić information content (AvgIpc) is 2.79. The minimum atomic E-state index is -1.51. The molecule has 6 N–H and O–H groups in total. The van der Waals surface area contributed by atoms with Crippen LogP contribution >= 0.6 is 0 Å². The highest BCUT2D eigenvalue weighted by Crippen LogP contribution is 2.27. The van der Waals surface area contributed by atoms with Gasteiger partial charge < -0.3 is 54.3 Å². The Morgan fingerprint density at radius 1 is 0.688 bits per heavy atom. The number of ether oxygens (including phenoxy) is 5. The number of hydrogen-bond acceptors (Lipinski definition) is 11. The maximum absolute atomic E-state index is 10.3. The first-order chi connectivity index (χ1) is 15.3. The summed E-state index contributed by atoms with van der Waals surface area (Å²) in [5.74, 6) is 0. The molecule has 0 aromatic heterocycles. The Labute approximate surface area is 188 Å². The average molecular weight is 469 g/mol. The van der Waals surface area contributed by atoms with Gasteiger partial charge in [0.2, 0.25) is 0 Å². The molecule has 2 heterocycles. The second-order valence-corrected chi connectivity index (χ2v) is 8.39. The molecular formula is C21H40O11. The van der Waals surface area contributed by atoms with Crippen LogP contribution in [0.25, 0.3) is 0 Å². The molecule has 32 heavy (non-hydrogen) atoms. The second-order valence-electron chi connectivity index (χ2n) is 8.39. The minimum Gasteiger partial charge on any atom is -0.394 e. The van der Waals surface area contributed by atoms with Crippen molar-refractivity contribution in [3.8, 4) is 0 Å². The summed E-state index contributed by atoms with van der Waals surface area (Å²) < 4.78 is 27.2. The highest BCUT2D eigenvalue weighted by molar-refractivity contribution is 4.92. The van der Waals surface area contributed by atoms with Crippen molar-refractivity contribution in [1.29, 1.82) is 0 Å². The first-order valence-corrected chi connectivity index (χ1v) is 11.4. The van der Waals surface area contributed by atoms with Crippen LogP contribution in [0.1, 0.15) is 45.4 Å². The van der Waals surface area contributed by atoms with Crippen LogP contribution in [0.2, 0.25) is 0 Å². The molecule has 0 aliphatic carbocycles. The number of hydrogen-bond donors (Lipinski definition) is 6. The summed E-state index contributed by atoms with van der Waals surface area (Å²) in [6.45, 7) is 1.65. The van der Waals surface area contributed by atoms with E-state index in [4.69, 9.17) is 23.7 Å². The van der Waals surface area contributed by atoms with Gasteiger partial charge in [-0.25, -0.2) is 0 Å². The fourth-order valence-corrected chi connectivity index (χ4v) is 3.93. The molecule has 0 aromatic carbocycles. The molecule has 11 nitrogen and oxygen atoms in total. The summed E-state index contributed by atoms with van der Waals surface area (Å²) in [5, 5.41) is 60.4. The molecule has 0 aromatic rings. The summed E-state index contributed by atoms with van der Waals surface area (Å²) >= 11 is 0. The Balaban J connectivity index is 1.85. The molecular weight excluding hydrogens is 428 g/mol. The zero-order valence-electron chi connectivity index (χ0n) is 18.9. The van der Waals surface area contributed by atoms with E-state index in [9.17, 15) is 30.6 Å². The maximum Gasteiger partial charge on any atom is 0.186 e. The van der Waals surface area contributed by atoms with E-state index >= 15 is 0 Å². The fourth-order valence-electron chi connectivity index (χ4n) is 3.93. The Hall–Kier alpha value is -0.440. The van der Waals surface area contributed by atoms with Crippen molar-refractivity contribution < 1.29 is 54.3 Å². The number of unbranched alkanes of at least 4 members (excludes halogenated alkanes) is 5. The summed E-state index contributed by atoms with van der Waals surface area (Å²) in [6.07, 6.45) is -6.22. The van der Waals surface area contributed by atoms with E-state index in [2.05, 4.69) is 6.92 Å². The van der Waals surface area contributed by atoms with Crippen molar-refractivity contribution in [1.82, 2.24) is 0 Å². The summed E-state index contributed by atoms with van der Waals surface area (Å²) in [7, 11) is 1.30. The lowest BCUT2D eigenvalue weighted by molar-refractivity contribution is -0.332. The van der Waals surface area contributed by atoms with Gasteiger partial charge in [-0.2, -0.15) is 0 Å².